The Hall–Kier alpha value is -3.47. The average molecular weight is 417 g/mol. The molecule has 160 valence electrons. The maximum atomic E-state index is 13.1. The second-order valence-corrected chi connectivity index (χ2v) is 8.61. The lowest BCUT2D eigenvalue weighted by molar-refractivity contribution is 0.101. The lowest BCUT2D eigenvalue weighted by Gasteiger charge is -2.21. The predicted octanol–water partition coefficient (Wildman–Crippen LogP) is 5.82. The van der Waals surface area contributed by atoms with Crippen molar-refractivity contribution in [3.8, 4) is 16.9 Å². The Morgan fingerprint density at radius 2 is 1.68 bits per heavy atom. The van der Waals surface area contributed by atoms with Crippen molar-refractivity contribution < 1.29 is 14.3 Å². The van der Waals surface area contributed by atoms with Crippen LogP contribution in [-0.2, 0) is 5.41 Å². The first kappa shape index (κ1) is 22.2. The van der Waals surface area contributed by atoms with Gasteiger partial charge in [0.1, 0.15) is 5.75 Å². The summed E-state index contributed by atoms with van der Waals surface area (Å²) in [4.78, 5) is 29.1. The van der Waals surface area contributed by atoms with Crippen LogP contribution in [0, 0.1) is 6.92 Å². The van der Waals surface area contributed by atoms with Crippen LogP contribution in [-0.4, -0.2) is 23.8 Å². The van der Waals surface area contributed by atoms with Crippen LogP contribution >= 0.6 is 0 Å². The van der Waals surface area contributed by atoms with Gasteiger partial charge < -0.3 is 10.1 Å². The number of anilines is 1. The maximum absolute atomic E-state index is 13.1. The molecule has 0 bridgehead atoms. The fraction of sp³-hybridized carbons (Fsp3) is 0.269. The summed E-state index contributed by atoms with van der Waals surface area (Å²) >= 11 is 0. The van der Waals surface area contributed by atoms with Crippen LogP contribution in [0.25, 0.3) is 11.1 Å². The Bertz CT molecular complexity index is 1130. The van der Waals surface area contributed by atoms with Gasteiger partial charge in [0.2, 0.25) is 0 Å². The number of hydrogen-bond donors (Lipinski definition) is 1. The van der Waals surface area contributed by atoms with E-state index in [9.17, 15) is 9.59 Å². The van der Waals surface area contributed by atoms with E-state index in [1.54, 1.807) is 32.4 Å². The lowest BCUT2D eigenvalue weighted by Crippen LogP contribution is -2.17. The number of nitrogens with zero attached hydrogens (tertiary/aromatic N) is 1. The summed E-state index contributed by atoms with van der Waals surface area (Å²) in [5.74, 6) is 0.283. The number of aromatic nitrogens is 1. The molecule has 0 aliphatic heterocycles. The number of aryl methyl sites for hydroxylation is 1. The van der Waals surface area contributed by atoms with E-state index in [1.165, 1.54) is 0 Å². The largest absolute Gasteiger partial charge is 0.496 e. The van der Waals surface area contributed by atoms with Crippen molar-refractivity contribution in [1.82, 2.24) is 4.98 Å². The standard InChI is InChI=1S/C26H28N2O3/c1-16-22(19-9-7-18(8-10-19)17(2)29)14-21(15-27-16)28-25(30)23-13-20(26(3,4)5)11-12-24(23)31-6/h7-15H,1-6H3,(H,28,30). The highest BCUT2D eigenvalue weighted by molar-refractivity contribution is 6.06. The Morgan fingerprint density at radius 1 is 1.00 bits per heavy atom. The summed E-state index contributed by atoms with van der Waals surface area (Å²) in [7, 11) is 1.55. The SMILES string of the molecule is COc1ccc(C(C)(C)C)cc1C(=O)Nc1cnc(C)c(-c2ccc(C(C)=O)cc2)c1. The second kappa shape index (κ2) is 8.72. The van der Waals surface area contributed by atoms with Gasteiger partial charge in [-0.3, -0.25) is 14.6 Å². The zero-order valence-electron chi connectivity index (χ0n) is 18.9. The minimum atomic E-state index is -0.258. The second-order valence-electron chi connectivity index (χ2n) is 8.61. The van der Waals surface area contributed by atoms with Crippen molar-refractivity contribution in [1.29, 1.82) is 0 Å². The van der Waals surface area contributed by atoms with E-state index >= 15 is 0 Å². The molecule has 1 heterocycles. The minimum Gasteiger partial charge on any atom is -0.496 e. The van der Waals surface area contributed by atoms with E-state index in [-0.39, 0.29) is 17.1 Å². The smallest absolute Gasteiger partial charge is 0.259 e. The van der Waals surface area contributed by atoms with Crippen molar-refractivity contribution >= 4 is 17.4 Å². The van der Waals surface area contributed by atoms with Crippen LogP contribution in [0.3, 0.4) is 0 Å². The molecule has 2 aromatic carbocycles. The van der Waals surface area contributed by atoms with Crippen LogP contribution in [0.15, 0.2) is 54.7 Å². The number of ketones is 1. The molecule has 0 saturated heterocycles. The topological polar surface area (TPSA) is 68.3 Å². The van der Waals surface area contributed by atoms with Gasteiger partial charge in [0.25, 0.3) is 5.91 Å². The number of amides is 1. The number of Topliss-reactive ketones (excluding diaryl/α,β-unsaturated/α-hetero) is 1. The number of carbonyl (C=O) groups is 2. The Balaban J connectivity index is 1.92. The predicted molar refractivity (Wildman–Crippen MR) is 124 cm³/mol. The third-order valence-electron chi connectivity index (χ3n) is 5.26. The van der Waals surface area contributed by atoms with Crippen molar-refractivity contribution in [2.24, 2.45) is 0 Å². The van der Waals surface area contributed by atoms with Gasteiger partial charge in [0.15, 0.2) is 5.78 Å². The van der Waals surface area contributed by atoms with Crippen molar-refractivity contribution in [3.63, 3.8) is 0 Å². The number of hydrogen-bond acceptors (Lipinski definition) is 4. The number of methoxy groups -OCH3 is 1. The molecule has 3 aromatic rings. The first-order valence-corrected chi connectivity index (χ1v) is 10.2. The number of ether oxygens (including phenoxy) is 1. The molecule has 1 aromatic heterocycles. The molecule has 1 N–H and O–H groups in total. The summed E-state index contributed by atoms with van der Waals surface area (Å²) in [5, 5.41) is 2.94. The number of nitrogens with one attached hydrogen (secondary N) is 1. The Labute approximate surface area is 183 Å². The third-order valence-corrected chi connectivity index (χ3v) is 5.26. The molecule has 0 unspecified atom stereocenters. The van der Waals surface area contributed by atoms with Gasteiger partial charge in [0.05, 0.1) is 24.6 Å². The van der Waals surface area contributed by atoms with Crippen LogP contribution in [0.2, 0.25) is 0 Å². The third kappa shape index (κ3) is 5.00. The number of rotatable bonds is 5. The highest BCUT2D eigenvalue weighted by Crippen LogP contribution is 2.30. The zero-order valence-corrected chi connectivity index (χ0v) is 18.9. The monoisotopic (exact) mass is 416 g/mol. The molecule has 0 aliphatic carbocycles. The molecule has 0 saturated carbocycles. The maximum Gasteiger partial charge on any atom is 0.259 e. The van der Waals surface area contributed by atoms with E-state index < -0.39 is 0 Å². The molecular formula is C26H28N2O3. The van der Waals surface area contributed by atoms with Gasteiger partial charge in [-0.25, -0.2) is 0 Å². The van der Waals surface area contributed by atoms with Gasteiger partial charge in [-0.1, -0.05) is 51.1 Å². The van der Waals surface area contributed by atoms with Gasteiger partial charge in [-0.15, -0.1) is 0 Å². The summed E-state index contributed by atoms with van der Waals surface area (Å²) < 4.78 is 5.41. The molecule has 1 amide bonds. The first-order valence-electron chi connectivity index (χ1n) is 10.2. The number of pyridine rings is 1. The number of carbonyl (C=O) groups excluding carboxylic acids is 2. The molecule has 0 fully saturated rings. The summed E-state index contributed by atoms with van der Waals surface area (Å²) in [5.41, 5.74) is 5.33. The quantitative estimate of drug-likeness (QED) is 0.532. The Kier molecular flexibility index (Phi) is 6.25. The molecule has 0 aliphatic rings. The molecule has 31 heavy (non-hydrogen) atoms. The van der Waals surface area contributed by atoms with E-state index in [0.29, 0.717) is 22.6 Å². The fourth-order valence-corrected chi connectivity index (χ4v) is 3.33. The van der Waals surface area contributed by atoms with Crippen LogP contribution < -0.4 is 10.1 Å². The highest BCUT2D eigenvalue weighted by atomic mass is 16.5. The fourth-order valence-electron chi connectivity index (χ4n) is 3.33. The minimum absolute atomic E-state index is 0.0221. The molecule has 5 heteroatoms. The van der Waals surface area contributed by atoms with Gasteiger partial charge in [0, 0.05) is 16.8 Å². The number of benzene rings is 2. The van der Waals surface area contributed by atoms with Crippen molar-refractivity contribution in [3.05, 3.63) is 77.1 Å². The van der Waals surface area contributed by atoms with Gasteiger partial charge >= 0.3 is 0 Å². The summed E-state index contributed by atoms with van der Waals surface area (Å²) in [6.45, 7) is 9.76. The highest BCUT2D eigenvalue weighted by Gasteiger charge is 2.20. The molecule has 3 rings (SSSR count). The zero-order chi connectivity index (χ0) is 22.8. The van der Waals surface area contributed by atoms with Crippen LogP contribution in [0.1, 0.15) is 59.7 Å². The average Bonchev–Trinajstić information content (AvgIpc) is 2.74. The van der Waals surface area contributed by atoms with Gasteiger partial charge in [-0.2, -0.15) is 0 Å². The molecule has 0 spiro atoms. The Morgan fingerprint density at radius 3 is 2.26 bits per heavy atom. The van der Waals surface area contributed by atoms with Crippen LogP contribution in [0.5, 0.6) is 5.75 Å². The lowest BCUT2D eigenvalue weighted by atomic mass is 9.86. The molecule has 0 atom stereocenters. The molecule has 0 radical (unpaired) electrons. The first-order chi connectivity index (χ1) is 14.6. The molecule has 5 nitrogen and oxygen atoms in total. The van der Waals surface area contributed by atoms with E-state index in [0.717, 1.165) is 22.4 Å². The van der Waals surface area contributed by atoms with E-state index in [1.807, 2.05) is 43.3 Å². The van der Waals surface area contributed by atoms with E-state index in [2.05, 4.69) is 31.1 Å². The summed E-state index contributed by atoms with van der Waals surface area (Å²) in [6.07, 6.45) is 1.64. The van der Waals surface area contributed by atoms with E-state index in [4.69, 9.17) is 4.74 Å². The van der Waals surface area contributed by atoms with Crippen LogP contribution in [0.4, 0.5) is 5.69 Å². The van der Waals surface area contributed by atoms with Crippen molar-refractivity contribution in [2.75, 3.05) is 12.4 Å². The van der Waals surface area contributed by atoms with Gasteiger partial charge in [-0.05, 0) is 48.6 Å². The van der Waals surface area contributed by atoms with Crippen molar-refractivity contribution in [2.45, 2.75) is 40.0 Å². The normalized spacial score (nSPS) is 11.2. The molecular weight excluding hydrogens is 388 g/mol. The summed E-state index contributed by atoms with van der Waals surface area (Å²) in [6, 6.07) is 14.9.